The van der Waals surface area contributed by atoms with Crippen LogP contribution in [0.4, 0.5) is 5.69 Å². The quantitative estimate of drug-likeness (QED) is 0.320. The normalized spacial score (nSPS) is 17.9. The summed E-state index contributed by atoms with van der Waals surface area (Å²) in [7, 11) is 0. The first-order valence-corrected chi connectivity index (χ1v) is 10.6. The number of anilines is 1. The van der Waals surface area contributed by atoms with Crippen LogP contribution in [0, 0.1) is 0 Å². The summed E-state index contributed by atoms with van der Waals surface area (Å²) in [5.41, 5.74) is 2.08. The van der Waals surface area contributed by atoms with Crippen LogP contribution in [0.5, 0.6) is 5.75 Å². The molecule has 0 saturated carbocycles. The van der Waals surface area contributed by atoms with Crippen molar-refractivity contribution in [3.63, 3.8) is 0 Å². The van der Waals surface area contributed by atoms with Gasteiger partial charge in [0.05, 0.1) is 18.4 Å². The third-order valence-corrected chi connectivity index (χ3v) is 5.53. The van der Waals surface area contributed by atoms with Crippen LogP contribution in [0.1, 0.15) is 49.6 Å². The van der Waals surface area contributed by atoms with Gasteiger partial charge >= 0.3 is 0 Å². The Balaban J connectivity index is 1.82. The van der Waals surface area contributed by atoms with Crippen molar-refractivity contribution in [1.29, 1.82) is 0 Å². The molecule has 1 amide bonds. The van der Waals surface area contributed by atoms with E-state index in [-0.39, 0.29) is 11.3 Å². The standard InChI is InChI=1S/C26H25NO5/c1-4-31-20-13-9-18(10-14-20)24(28)22-23(21-6-5-15-32-21)27(26(30)25(22)29)19-11-7-17(8-12-19)16(2)3/h5-16,23,28H,4H2,1-3H3/b24-22-. The van der Waals surface area contributed by atoms with Crippen LogP contribution in [0.25, 0.3) is 5.76 Å². The van der Waals surface area contributed by atoms with Crippen molar-refractivity contribution < 1.29 is 23.8 Å². The number of hydrogen-bond donors (Lipinski definition) is 1. The first-order valence-electron chi connectivity index (χ1n) is 10.6. The number of furan rings is 1. The monoisotopic (exact) mass is 431 g/mol. The van der Waals surface area contributed by atoms with Crippen molar-refractivity contribution in [2.24, 2.45) is 0 Å². The Hall–Kier alpha value is -3.80. The van der Waals surface area contributed by atoms with E-state index >= 15 is 0 Å². The first kappa shape index (κ1) is 21.4. The second-order valence-electron chi connectivity index (χ2n) is 7.89. The second-order valence-corrected chi connectivity index (χ2v) is 7.89. The summed E-state index contributed by atoms with van der Waals surface area (Å²) in [5, 5.41) is 11.1. The van der Waals surface area contributed by atoms with Gasteiger partial charge in [-0.05, 0) is 66.9 Å². The molecule has 2 aromatic carbocycles. The summed E-state index contributed by atoms with van der Waals surface area (Å²) < 4.78 is 11.0. The molecule has 6 heteroatoms. The molecule has 32 heavy (non-hydrogen) atoms. The second kappa shape index (κ2) is 8.75. The van der Waals surface area contributed by atoms with Crippen molar-refractivity contribution in [3.8, 4) is 5.75 Å². The number of carbonyl (C=O) groups is 2. The molecule has 1 N–H and O–H groups in total. The van der Waals surface area contributed by atoms with Gasteiger partial charge in [0.15, 0.2) is 0 Å². The Morgan fingerprint density at radius 1 is 1.06 bits per heavy atom. The summed E-state index contributed by atoms with van der Waals surface area (Å²) in [4.78, 5) is 27.5. The molecular formula is C26H25NO5. The zero-order valence-electron chi connectivity index (χ0n) is 18.2. The highest BCUT2D eigenvalue weighted by atomic mass is 16.5. The molecule has 6 nitrogen and oxygen atoms in total. The van der Waals surface area contributed by atoms with Gasteiger partial charge in [-0.15, -0.1) is 0 Å². The van der Waals surface area contributed by atoms with E-state index in [4.69, 9.17) is 9.15 Å². The fourth-order valence-corrected chi connectivity index (χ4v) is 3.87. The van der Waals surface area contributed by atoms with E-state index in [0.29, 0.717) is 35.3 Å². The predicted molar refractivity (Wildman–Crippen MR) is 122 cm³/mol. The number of carbonyl (C=O) groups excluding carboxylic acids is 2. The first-order chi connectivity index (χ1) is 15.4. The number of hydrogen-bond acceptors (Lipinski definition) is 5. The highest BCUT2D eigenvalue weighted by Gasteiger charge is 2.48. The Kier molecular flexibility index (Phi) is 5.86. The summed E-state index contributed by atoms with van der Waals surface area (Å²) in [6.45, 7) is 6.57. The number of ketones is 1. The van der Waals surface area contributed by atoms with Gasteiger partial charge in [-0.3, -0.25) is 14.5 Å². The Morgan fingerprint density at radius 2 is 1.75 bits per heavy atom. The lowest BCUT2D eigenvalue weighted by Crippen LogP contribution is -2.29. The number of rotatable bonds is 6. The van der Waals surface area contributed by atoms with Crippen molar-refractivity contribution in [3.05, 3.63) is 89.4 Å². The highest BCUT2D eigenvalue weighted by Crippen LogP contribution is 2.42. The summed E-state index contributed by atoms with van der Waals surface area (Å²) >= 11 is 0. The van der Waals surface area contributed by atoms with Crippen LogP contribution in [0.15, 0.2) is 76.9 Å². The smallest absolute Gasteiger partial charge is 0.300 e. The van der Waals surface area contributed by atoms with E-state index in [2.05, 4.69) is 13.8 Å². The van der Waals surface area contributed by atoms with Crippen molar-refractivity contribution in [1.82, 2.24) is 0 Å². The lowest BCUT2D eigenvalue weighted by atomic mass is 9.98. The van der Waals surface area contributed by atoms with Gasteiger partial charge in [0.25, 0.3) is 11.7 Å². The number of aliphatic hydroxyl groups excluding tert-OH is 1. The molecular weight excluding hydrogens is 406 g/mol. The molecule has 1 aliphatic heterocycles. The van der Waals surface area contributed by atoms with Crippen LogP contribution < -0.4 is 9.64 Å². The van der Waals surface area contributed by atoms with E-state index in [1.165, 1.54) is 11.2 Å². The Morgan fingerprint density at radius 3 is 2.31 bits per heavy atom. The maximum atomic E-state index is 13.1. The van der Waals surface area contributed by atoms with Crippen LogP contribution in [0.2, 0.25) is 0 Å². The fourth-order valence-electron chi connectivity index (χ4n) is 3.87. The van der Waals surface area contributed by atoms with Crippen LogP contribution in [-0.2, 0) is 9.59 Å². The molecule has 0 radical (unpaired) electrons. The average molecular weight is 431 g/mol. The highest BCUT2D eigenvalue weighted by molar-refractivity contribution is 6.51. The van der Waals surface area contributed by atoms with Gasteiger partial charge < -0.3 is 14.3 Å². The molecule has 1 aromatic heterocycles. The summed E-state index contributed by atoms with van der Waals surface area (Å²) in [6, 6.07) is 16.7. The van der Waals surface area contributed by atoms with Gasteiger partial charge in [0, 0.05) is 11.3 Å². The van der Waals surface area contributed by atoms with Crippen molar-refractivity contribution in [2.45, 2.75) is 32.7 Å². The molecule has 164 valence electrons. The maximum absolute atomic E-state index is 13.1. The Labute approximate surface area is 186 Å². The van der Waals surface area contributed by atoms with Gasteiger partial charge in [0.2, 0.25) is 0 Å². The molecule has 0 bridgehead atoms. The van der Waals surface area contributed by atoms with E-state index in [1.54, 1.807) is 36.4 Å². The van der Waals surface area contributed by atoms with Crippen molar-refractivity contribution in [2.75, 3.05) is 11.5 Å². The van der Waals surface area contributed by atoms with Gasteiger partial charge in [-0.25, -0.2) is 0 Å². The number of amides is 1. The molecule has 0 spiro atoms. The minimum atomic E-state index is -0.874. The minimum Gasteiger partial charge on any atom is -0.507 e. The van der Waals surface area contributed by atoms with E-state index in [9.17, 15) is 14.7 Å². The van der Waals surface area contributed by atoms with E-state index in [1.807, 2.05) is 31.2 Å². The lowest BCUT2D eigenvalue weighted by Gasteiger charge is -2.23. The minimum absolute atomic E-state index is 0.0120. The Bertz CT molecular complexity index is 1140. The third kappa shape index (κ3) is 3.80. The molecule has 1 atom stereocenters. The number of ether oxygens (including phenoxy) is 1. The van der Waals surface area contributed by atoms with Gasteiger partial charge in [-0.1, -0.05) is 26.0 Å². The fraction of sp³-hybridized carbons (Fsp3) is 0.231. The lowest BCUT2D eigenvalue weighted by molar-refractivity contribution is -0.132. The number of nitrogens with zero attached hydrogens (tertiary/aromatic N) is 1. The predicted octanol–water partition coefficient (Wildman–Crippen LogP) is 5.43. The van der Waals surface area contributed by atoms with E-state index in [0.717, 1.165) is 5.56 Å². The largest absolute Gasteiger partial charge is 0.507 e. The molecule has 1 aliphatic rings. The number of aliphatic hydroxyl groups is 1. The van der Waals surface area contributed by atoms with Gasteiger partial charge in [0.1, 0.15) is 23.3 Å². The third-order valence-electron chi connectivity index (χ3n) is 5.53. The molecule has 3 aromatic rings. The molecule has 2 heterocycles. The zero-order valence-corrected chi connectivity index (χ0v) is 18.2. The molecule has 0 aliphatic carbocycles. The maximum Gasteiger partial charge on any atom is 0.300 e. The van der Waals surface area contributed by atoms with Crippen LogP contribution in [0.3, 0.4) is 0 Å². The summed E-state index contributed by atoms with van der Waals surface area (Å²) in [6.07, 6.45) is 1.48. The average Bonchev–Trinajstić information content (AvgIpc) is 3.41. The molecule has 1 fully saturated rings. The van der Waals surface area contributed by atoms with Crippen molar-refractivity contribution >= 4 is 23.1 Å². The molecule has 4 rings (SSSR count). The molecule has 1 saturated heterocycles. The topological polar surface area (TPSA) is 80.0 Å². The van der Waals surface area contributed by atoms with E-state index < -0.39 is 17.7 Å². The zero-order chi connectivity index (χ0) is 22.8. The van der Waals surface area contributed by atoms with Gasteiger partial charge in [-0.2, -0.15) is 0 Å². The number of Topliss-reactive ketones (excluding diaryl/α,β-unsaturated/α-hetero) is 1. The van der Waals surface area contributed by atoms with Crippen LogP contribution >= 0.6 is 0 Å². The van der Waals surface area contributed by atoms with Crippen LogP contribution in [-0.4, -0.2) is 23.4 Å². The molecule has 1 unspecified atom stereocenters. The number of benzene rings is 2. The SMILES string of the molecule is CCOc1ccc(/C(O)=C2/C(=O)C(=O)N(c3ccc(C(C)C)cc3)C2c2ccco2)cc1. The summed E-state index contributed by atoms with van der Waals surface area (Å²) in [5.74, 6) is -0.349.